The summed E-state index contributed by atoms with van der Waals surface area (Å²) < 4.78 is 11.3. The molecule has 5 nitrogen and oxygen atoms in total. The topological polar surface area (TPSA) is 44.9 Å². The van der Waals surface area contributed by atoms with Gasteiger partial charge in [-0.2, -0.15) is 5.10 Å². The molecule has 0 saturated heterocycles. The summed E-state index contributed by atoms with van der Waals surface area (Å²) in [7, 11) is 0. The second kappa shape index (κ2) is 15.4. The highest BCUT2D eigenvalue weighted by atomic mass is 16.5. The first kappa shape index (κ1) is 39.1. The monoisotopic (exact) mass is 744 g/mol. The van der Waals surface area contributed by atoms with Gasteiger partial charge in [0.1, 0.15) is 17.3 Å². The van der Waals surface area contributed by atoms with Crippen LogP contribution in [0.4, 0.5) is 0 Å². The molecule has 0 saturated carbocycles. The molecule has 2 atom stereocenters. The summed E-state index contributed by atoms with van der Waals surface area (Å²) in [5.74, 6) is 3.66. The van der Waals surface area contributed by atoms with Crippen LogP contribution in [0.1, 0.15) is 122 Å². The Labute approximate surface area is 334 Å². The largest absolute Gasteiger partial charge is 0.457 e. The van der Waals surface area contributed by atoms with Gasteiger partial charge in [-0.3, -0.25) is 4.57 Å². The van der Waals surface area contributed by atoms with Gasteiger partial charge in [-0.1, -0.05) is 118 Å². The summed E-state index contributed by atoms with van der Waals surface area (Å²) in [6, 6.07) is 35.2. The zero-order chi connectivity index (χ0) is 39.9. The van der Waals surface area contributed by atoms with E-state index in [9.17, 15) is 0 Å². The minimum Gasteiger partial charge on any atom is -0.457 e. The number of aryl methyl sites for hydroxylation is 1. The Morgan fingerprint density at radius 3 is 2.16 bits per heavy atom. The molecule has 3 heterocycles. The molecule has 7 aromatic rings. The normalized spacial score (nSPS) is 13.4. The lowest BCUT2D eigenvalue weighted by molar-refractivity contribution is 0.449. The zero-order valence-electron chi connectivity index (χ0n) is 35.5. The van der Waals surface area contributed by atoms with E-state index in [0.717, 1.165) is 46.2 Å². The molecular weight excluding hydrogens is 685 g/mol. The third-order valence-corrected chi connectivity index (χ3v) is 11.5. The van der Waals surface area contributed by atoms with Crippen LogP contribution in [0.15, 0.2) is 103 Å². The summed E-state index contributed by atoms with van der Waals surface area (Å²) in [5, 5.41) is 7.57. The first-order valence-corrected chi connectivity index (χ1v) is 20.7. The van der Waals surface area contributed by atoms with Crippen molar-refractivity contribution in [1.82, 2.24) is 19.3 Å². The van der Waals surface area contributed by atoms with Gasteiger partial charge in [0.25, 0.3) is 0 Å². The van der Waals surface area contributed by atoms with Crippen molar-refractivity contribution in [2.45, 2.75) is 119 Å². The van der Waals surface area contributed by atoms with Crippen molar-refractivity contribution in [1.29, 1.82) is 0 Å². The van der Waals surface area contributed by atoms with Gasteiger partial charge in [0.15, 0.2) is 0 Å². The highest BCUT2D eigenvalue weighted by molar-refractivity contribution is 6.09. The fraction of sp³-hybridized carbons (Fsp3) is 0.373. The van der Waals surface area contributed by atoms with E-state index in [1.807, 2.05) is 6.20 Å². The molecule has 0 fully saturated rings. The standard InChI is InChI=1S/C51H60N4O/c1-12-17-33(3)26-34(4)37-20-23-46-44(27-37)43-22-21-41(32-47(43)54(46)48-30-38(24-25-52-48)50(6,7)8)56-42-29-39(51(9,10)11)28-40(31-42)55-45(13-2)49(35(5)53-55)36-18-15-14-16-19-36/h14-16,18-25,27-34H,12-13,17,26H2,1-11H3. The molecule has 0 aliphatic heterocycles. The number of aromatic nitrogens is 4. The number of ether oxygens (including phenoxy) is 1. The molecule has 2 unspecified atom stereocenters. The Bertz CT molecular complexity index is 2490. The number of fused-ring (bicyclic) bond motifs is 3. The number of nitrogens with zero attached hydrogens (tertiary/aromatic N) is 4. The van der Waals surface area contributed by atoms with Gasteiger partial charge in [0.2, 0.25) is 0 Å². The summed E-state index contributed by atoms with van der Waals surface area (Å²) >= 11 is 0. The first-order chi connectivity index (χ1) is 26.7. The van der Waals surface area contributed by atoms with Gasteiger partial charge >= 0.3 is 0 Å². The van der Waals surface area contributed by atoms with E-state index in [2.05, 4.69) is 182 Å². The van der Waals surface area contributed by atoms with Gasteiger partial charge in [0, 0.05) is 34.7 Å². The Morgan fingerprint density at radius 1 is 0.714 bits per heavy atom. The van der Waals surface area contributed by atoms with Gasteiger partial charge in [-0.25, -0.2) is 9.67 Å². The minimum absolute atomic E-state index is 0.00903. The van der Waals surface area contributed by atoms with Crippen molar-refractivity contribution in [2.75, 3.05) is 0 Å². The van der Waals surface area contributed by atoms with Crippen LogP contribution in [-0.2, 0) is 17.3 Å². The van der Waals surface area contributed by atoms with E-state index in [0.29, 0.717) is 11.8 Å². The third-order valence-electron chi connectivity index (χ3n) is 11.5. The molecule has 3 aromatic heterocycles. The number of benzene rings is 4. The average Bonchev–Trinajstić information content (AvgIpc) is 3.67. The quantitative estimate of drug-likeness (QED) is 0.132. The molecule has 0 aliphatic carbocycles. The van der Waals surface area contributed by atoms with Gasteiger partial charge < -0.3 is 4.74 Å². The Morgan fingerprint density at radius 2 is 1.46 bits per heavy atom. The molecule has 290 valence electrons. The van der Waals surface area contributed by atoms with Crippen molar-refractivity contribution < 1.29 is 4.74 Å². The average molecular weight is 745 g/mol. The molecule has 0 aliphatic rings. The fourth-order valence-electron chi connectivity index (χ4n) is 8.42. The van der Waals surface area contributed by atoms with Crippen LogP contribution in [0.2, 0.25) is 0 Å². The summed E-state index contributed by atoms with van der Waals surface area (Å²) in [6.45, 7) is 24.9. The molecule has 4 aromatic carbocycles. The van der Waals surface area contributed by atoms with Crippen LogP contribution in [0, 0.1) is 12.8 Å². The first-order valence-electron chi connectivity index (χ1n) is 20.7. The maximum Gasteiger partial charge on any atom is 0.137 e. The molecular formula is C51H60N4O. The van der Waals surface area contributed by atoms with Crippen molar-refractivity contribution in [3.05, 3.63) is 131 Å². The zero-order valence-corrected chi connectivity index (χ0v) is 35.5. The van der Waals surface area contributed by atoms with E-state index in [-0.39, 0.29) is 10.8 Å². The molecule has 5 heteroatoms. The van der Waals surface area contributed by atoms with Crippen LogP contribution in [-0.4, -0.2) is 19.3 Å². The van der Waals surface area contributed by atoms with E-state index in [1.165, 1.54) is 63.5 Å². The van der Waals surface area contributed by atoms with Crippen molar-refractivity contribution >= 4 is 21.8 Å². The number of hydrogen-bond acceptors (Lipinski definition) is 3. The van der Waals surface area contributed by atoms with Crippen LogP contribution >= 0.6 is 0 Å². The SMILES string of the molecule is CCCC(C)CC(C)c1ccc2c(c1)c1ccc(Oc3cc(-n4nc(C)c(-c5ccccc5)c4CC)cc(C(C)(C)C)c3)cc1n2-c1cc(C(C)(C)C)ccn1. The molecule has 0 amide bonds. The van der Waals surface area contributed by atoms with Crippen molar-refractivity contribution in [2.24, 2.45) is 5.92 Å². The number of hydrogen-bond donors (Lipinski definition) is 0. The lowest BCUT2D eigenvalue weighted by Crippen LogP contribution is -2.13. The summed E-state index contributed by atoms with van der Waals surface area (Å²) in [6.07, 6.45) is 6.48. The number of rotatable bonds is 11. The van der Waals surface area contributed by atoms with Crippen LogP contribution in [0.3, 0.4) is 0 Å². The van der Waals surface area contributed by atoms with E-state index < -0.39 is 0 Å². The Balaban J connectivity index is 1.36. The summed E-state index contributed by atoms with van der Waals surface area (Å²) in [4.78, 5) is 4.97. The van der Waals surface area contributed by atoms with Gasteiger partial charge in [-0.15, -0.1) is 0 Å². The van der Waals surface area contributed by atoms with Gasteiger partial charge in [-0.05, 0) is 113 Å². The van der Waals surface area contributed by atoms with E-state index in [1.54, 1.807) is 0 Å². The minimum atomic E-state index is -0.103. The van der Waals surface area contributed by atoms with E-state index in [4.69, 9.17) is 14.8 Å². The smallest absolute Gasteiger partial charge is 0.137 e. The lowest BCUT2D eigenvalue weighted by Gasteiger charge is -2.22. The number of pyridine rings is 1. The summed E-state index contributed by atoms with van der Waals surface area (Å²) in [5.41, 5.74) is 11.6. The predicted molar refractivity (Wildman–Crippen MR) is 236 cm³/mol. The molecule has 0 spiro atoms. The Hall–Kier alpha value is -5.16. The Kier molecular flexibility index (Phi) is 10.8. The maximum atomic E-state index is 6.90. The molecule has 56 heavy (non-hydrogen) atoms. The highest BCUT2D eigenvalue weighted by Gasteiger charge is 2.23. The molecule has 7 rings (SSSR count). The second-order valence-corrected chi connectivity index (χ2v) is 18.1. The second-order valence-electron chi connectivity index (χ2n) is 18.1. The van der Waals surface area contributed by atoms with Crippen LogP contribution < -0.4 is 4.74 Å². The lowest BCUT2D eigenvalue weighted by atomic mass is 9.86. The van der Waals surface area contributed by atoms with Gasteiger partial charge in [0.05, 0.1) is 28.1 Å². The molecule has 0 radical (unpaired) electrons. The predicted octanol–water partition coefficient (Wildman–Crippen LogP) is 14.2. The van der Waals surface area contributed by atoms with Crippen LogP contribution in [0.5, 0.6) is 11.5 Å². The molecule has 0 bridgehead atoms. The third kappa shape index (κ3) is 7.78. The van der Waals surface area contributed by atoms with Crippen molar-refractivity contribution in [3.8, 4) is 34.1 Å². The highest BCUT2D eigenvalue weighted by Crippen LogP contribution is 2.40. The van der Waals surface area contributed by atoms with E-state index >= 15 is 0 Å². The van der Waals surface area contributed by atoms with Crippen molar-refractivity contribution in [3.63, 3.8) is 0 Å². The maximum absolute atomic E-state index is 6.90. The van der Waals surface area contributed by atoms with Crippen LogP contribution in [0.25, 0.3) is 44.4 Å². The fourth-order valence-corrected chi connectivity index (χ4v) is 8.42. The molecule has 0 N–H and O–H groups in total.